The second-order valence-electron chi connectivity index (χ2n) is 7.39. The molecular weight excluding hydrogens is 366 g/mol. The lowest BCUT2D eigenvalue weighted by Crippen LogP contribution is -2.44. The van der Waals surface area contributed by atoms with Crippen LogP contribution in [0.25, 0.3) is 11.4 Å². The van der Waals surface area contributed by atoms with Crippen LogP contribution in [0.4, 0.5) is 11.4 Å². The fraction of sp³-hybridized carbons (Fsp3) is 0.318. The molecule has 0 unspecified atom stereocenters. The lowest BCUT2D eigenvalue weighted by atomic mass is 10.1. The fourth-order valence-corrected chi connectivity index (χ4v) is 3.42. The van der Waals surface area contributed by atoms with Crippen molar-refractivity contribution in [3.63, 3.8) is 0 Å². The van der Waals surface area contributed by atoms with Crippen molar-refractivity contribution in [3.8, 4) is 11.4 Å². The minimum absolute atomic E-state index is 0.0408. The minimum Gasteiger partial charge on any atom is -0.369 e. The number of nitrogens with one attached hydrogen (secondary N) is 1. The Kier molecular flexibility index (Phi) is 5.57. The molecule has 1 aromatic heterocycles. The van der Waals surface area contributed by atoms with Crippen molar-refractivity contribution in [2.45, 2.75) is 13.3 Å². The molecule has 7 nitrogen and oxygen atoms in total. The van der Waals surface area contributed by atoms with Gasteiger partial charge in [0.15, 0.2) is 0 Å². The smallest absolute Gasteiger partial charge is 0.236 e. The Hall–Kier alpha value is -3.19. The molecule has 1 aliphatic rings. The van der Waals surface area contributed by atoms with E-state index in [9.17, 15) is 4.79 Å². The van der Waals surface area contributed by atoms with Crippen molar-refractivity contribution < 1.29 is 9.32 Å². The Labute approximate surface area is 170 Å². The third-order valence-corrected chi connectivity index (χ3v) is 5.19. The number of hydrogen-bond acceptors (Lipinski definition) is 6. The van der Waals surface area contributed by atoms with Gasteiger partial charge in [0.05, 0.1) is 0 Å². The summed E-state index contributed by atoms with van der Waals surface area (Å²) >= 11 is 0. The first-order valence-corrected chi connectivity index (χ1v) is 9.80. The van der Waals surface area contributed by atoms with Crippen LogP contribution in [-0.4, -0.2) is 54.2 Å². The van der Waals surface area contributed by atoms with E-state index < -0.39 is 0 Å². The van der Waals surface area contributed by atoms with Crippen molar-refractivity contribution in [3.05, 3.63) is 60.0 Å². The van der Waals surface area contributed by atoms with Crippen molar-refractivity contribution in [1.29, 1.82) is 0 Å². The Balaban J connectivity index is 1.35. The summed E-state index contributed by atoms with van der Waals surface area (Å²) in [5.41, 5.74) is 3.90. The zero-order valence-electron chi connectivity index (χ0n) is 16.8. The molecule has 1 N–H and O–H groups in total. The van der Waals surface area contributed by atoms with Crippen LogP contribution in [0.15, 0.2) is 53.1 Å². The highest BCUT2D eigenvalue weighted by Gasteiger charge is 2.16. The second-order valence-corrected chi connectivity index (χ2v) is 7.39. The van der Waals surface area contributed by atoms with E-state index >= 15 is 0 Å². The molecular formula is C22H25N5O2. The zero-order valence-corrected chi connectivity index (χ0v) is 16.8. The van der Waals surface area contributed by atoms with Crippen LogP contribution in [0.3, 0.4) is 0 Å². The maximum Gasteiger partial charge on any atom is 0.236 e. The Bertz CT molecular complexity index is 975. The Morgan fingerprint density at radius 3 is 2.52 bits per heavy atom. The molecule has 1 aliphatic heterocycles. The van der Waals surface area contributed by atoms with E-state index in [2.05, 4.69) is 32.3 Å². The normalized spacial score (nSPS) is 14.8. The summed E-state index contributed by atoms with van der Waals surface area (Å²) in [5, 5.41) is 6.90. The summed E-state index contributed by atoms with van der Waals surface area (Å²) < 4.78 is 5.26. The van der Waals surface area contributed by atoms with Gasteiger partial charge in [-0.25, -0.2) is 0 Å². The van der Waals surface area contributed by atoms with E-state index in [1.807, 2.05) is 55.5 Å². The molecule has 7 heteroatoms. The largest absolute Gasteiger partial charge is 0.369 e. The molecule has 4 rings (SSSR count). The third-order valence-electron chi connectivity index (χ3n) is 5.19. The summed E-state index contributed by atoms with van der Waals surface area (Å²) in [6.45, 7) is 6.15. The highest BCUT2D eigenvalue weighted by atomic mass is 16.5. The summed E-state index contributed by atoms with van der Waals surface area (Å²) in [4.78, 5) is 21.4. The van der Waals surface area contributed by atoms with Gasteiger partial charge in [0.1, 0.15) is 6.42 Å². The quantitative estimate of drug-likeness (QED) is 0.721. The number of anilines is 2. The van der Waals surface area contributed by atoms with Gasteiger partial charge in [-0.1, -0.05) is 29.4 Å². The molecule has 0 aliphatic carbocycles. The molecule has 1 fully saturated rings. The van der Waals surface area contributed by atoms with Gasteiger partial charge in [-0.15, -0.1) is 0 Å². The van der Waals surface area contributed by atoms with Crippen LogP contribution in [0.2, 0.25) is 0 Å². The van der Waals surface area contributed by atoms with E-state index in [-0.39, 0.29) is 12.3 Å². The average molecular weight is 391 g/mol. The zero-order chi connectivity index (χ0) is 20.2. The van der Waals surface area contributed by atoms with Gasteiger partial charge in [-0.3, -0.25) is 4.79 Å². The number of piperazine rings is 1. The molecule has 0 spiro atoms. The monoisotopic (exact) mass is 391 g/mol. The van der Waals surface area contributed by atoms with Crippen molar-refractivity contribution in [2.75, 3.05) is 43.4 Å². The lowest BCUT2D eigenvalue weighted by Gasteiger charge is -2.34. The summed E-state index contributed by atoms with van der Waals surface area (Å²) in [5.74, 6) is 0.620. The molecule has 1 amide bonds. The first-order chi connectivity index (χ1) is 14.1. The standard InChI is InChI=1S/C22H25N5O2/c1-16-5-3-4-6-19(16)22-24-21(29-25-22)15-20(28)23-17-7-9-18(10-8-17)27-13-11-26(2)12-14-27/h3-10H,11-15H2,1-2H3,(H,23,28). The van der Waals surface area contributed by atoms with Gasteiger partial charge in [0.25, 0.3) is 0 Å². The predicted octanol–water partition coefficient (Wildman–Crippen LogP) is 2.98. The number of amides is 1. The van der Waals surface area contributed by atoms with Crippen LogP contribution < -0.4 is 10.2 Å². The first kappa shape index (κ1) is 19.1. The van der Waals surface area contributed by atoms with Crippen LogP contribution in [0.5, 0.6) is 0 Å². The van der Waals surface area contributed by atoms with E-state index in [0.717, 1.165) is 43.0 Å². The van der Waals surface area contributed by atoms with Gasteiger partial charge in [-0.2, -0.15) is 4.98 Å². The van der Waals surface area contributed by atoms with Gasteiger partial charge in [0.2, 0.25) is 17.6 Å². The van der Waals surface area contributed by atoms with Gasteiger partial charge >= 0.3 is 0 Å². The van der Waals surface area contributed by atoms with Crippen molar-refractivity contribution in [1.82, 2.24) is 15.0 Å². The minimum atomic E-state index is -0.183. The number of carbonyl (C=O) groups excluding carboxylic acids is 1. The first-order valence-electron chi connectivity index (χ1n) is 9.80. The van der Waals surface area contributed by atoms with Gasteiger partial charge in [-0.05, 0) is 43.8 Å². The highest BCUT2D eigenvalue weighted by molar-refractivity contribution is 5.92. The third kappa shape index (κ3) is 4.63. The van der Waals surface area contributed by atoms with E-state index in [0.29, 0.717) is 11.7 Å². The van der Waals surface area contributed by atoms with Crippen LogP contribution >= 0.6 is 0 Å². The number of nitrogens with zero attached hydrogens (tertiary/aromatic N) is 4. The van der Waals surface area contributed by atoms with Gasteiger partial charge in [0, 0.05) is 43.1 Å². The summed E-state index contributed by atoms with van der Waals surface area (Å²) in [7, 11) is 2.14. The Morgan fingerprint density at radius 1 is 1.07 bits per heavy atom. The summed E-state index contributed by atoms with van der Waals surface area (Å²) in [6, 6.07) is 15.8. The lowest BCUT2D eigenvalue weighted by molar-refractivity contribution is -0.115. The molecule has 0 atom stereocenters. The molecule has 0 saturated carbocycles. The number of aryl methyl sites for hydroxylation is 1. The number of hydrogen-bond donors (Lipinski definition) is 1. The van der Waals surface area contributed by atoms with Crippen molar-refractivity contribution in [2.24, 2.45) is 0 Å². The second kappa shape index (κ2) is 8.45. The van der Waals surface area contributed by atoms with Crippen LogP contribution in [-0.2, 0) is 11.2 Å². The number of likely N-dealkylation sites (N-methyl/N-ethyl adjacent to an activating group) is 1. The topological polar surface area (TPSA) is 74.5 Å². The molecule has 150 valence electrons. The SMILES string of the molecule is Cc1ccccc1-c1noc(CC(=O)Nc2ccc(N3CCN(C)CC3)cc2)n1. The molecule has 2 aromatic carbocycles. The number of aromatic nitrogens is 2. The van der Waals surface area contributed by atoms with Crippen LogP contribution in [0.1, 0.15) is 11.5 Å². The van der Waals surface area contributed by atoms with Crippen LogP contribution in [0, 0.1) is 6.92 Å². The summed E-state index contributed by atoms with van der Waals surface area (Å²) in [6.07, 6.45) is 0.0408. The van der Waals surface area contributed by atoms with E-state index in [4.69, 9.17) is 4.52 Å². The highest BCUT2D eigenvalue weighted by Crippen LogP contribution is 2.21. The molecule has 29 heavy (non-hydrogen) atoms. The number of rotatable bonds is 5. The molecule has 2 heterocycles. The molecule has 1 saturated heterocycles. The fourth-order valence-electron chi connectivity index (χ4n) is 3.42. The Morgan fingerprint density at radius 2 is 1.79 bits per heavy atom. The predicted molar refractivity (Wildman–Crippen MR) is 113 cm³/mol. The maximum absolute atomic E-state index is 12.4. The van der Waals surface area contributed by atoms with E-state index in [1.54, 1.807) is 0 Å². The molecule has 3 aromatic rings. The average Bonchev–Trinajstić information content (AvgIpc) is 3.17. The van der Waals surface area contributed by atoms with Crippen molar-refractivity contribution >= 4 is 17.3 Å². The maximum atomic E-state index is 12.4. The number of benzene rings is 2. The molecule has 0 bridgehead atoms. The number of carbonyl (C=O) groups is 1. The molecule has 0 radical (unpaired) electrons. The van der Waals surface area contributed by atoms with E-state index in [1.165, 1.54) is 5.69 Å². The van der Waals surface area contributed by atoms with Gasteiger partial charge < -0.3 is 19.6 Å².